The van der Waals surface area contributed by atoms with Crippen LogP contribution in [0.1, 0.15) is 0 Å². The Morgan fingerprint density at radius 3 is 1.43 bits per heavy atom. The molecule has 0 bridgehead atoms. The summed E-state index contributed by atoms with van der Waals surface area (Å²) in [5.74, 6) is 1.94. The lowest BCUT2D eigenvalue weighted by Crippen LogP contribution is -2.00. The summed E-state index contributed by atoms with van der Waals surface area (Å²) in [6.07, 6.45) is 1.84. The second-order valence-corrected chi connectivity index (χ2v) is 10.4. The van der Waals surface area contributed by atoms with E-state index >= 15 is 0 Å². The van der Waals surface area contributed by atoms with Gasteiger partial charge in [0.1, 0.15) is 0 Å². The molecule has 0 saturated heterocycles. The molecule has 0 unspecified atom stereocenters. The minimum Gasteiger partial charge on any atom is -0.256 e. The Hall–Kier alpha value is -5.74. The van der Waals surface area contributed by atoms with Crippen LogP contribution in [-0.4, -0.2) is 19.9 Å². The zero-order valence-corrected chi connectivity index (χ0v) is 22.6. The number of aromatic nitrogens is 4. The molecule has 196 valence electrons. The molecule has 0 atom stereocenters. The Balaban J connectivity index is 1.27. The number of benzene rings is 6. The van der Waals surface area contributed by atoms with Gasteiger partial charge in [-0.05, 0) is 45.3 Å². The number of fused-ring (bicyclic) bond motifs is 3. The number of rotatable bonds is 4. The number of pyridine rings is 1. The van der Waals surface area contributed by atoms with Gasteiger partial charge in [0.15, 0.2) is 17.5 Å². The SMILES string of the molecule is c1ccc2cc(-c3nc(-c4ccc(-c5cccc6cccnc56)cc4)nc(-c4ccc5ccccc5c4)n3)ccc2c1. The Bertz CT molecular complexity index is 2150. The summed E-state index contributed by atoms with van der Waals surface area (Å²) >= 11 is 0. The predicted molar refractivity (Wildman–Crippen MR) is 172 cm³/mol. The summed E-state index contributed by atoms with van der Waals surface area (Å²) in [7, 11) is 0. The minimum atomic E-state index is 0.638. The molecule has 0 spiro atoms. The van der Waals surface area contributed by atoms with Gasteiger partial charge >= 0.3 is 0 Å². The lowest BCUT2D eigenvalue weighted by molar-refractivity contribution is 1.08. The van der Waals surface area contributed by atoms with Gasteiger partial charge in [-0.25, -0.2) is 15.0 Å². The molecule has 8 rings (SSSR count). The van der Waals surface area contributed by atoms with E-state index in [0.717, 1.165) is 49.5 Å². The molecule has 0 radical (unpaired) electrons. The summed E-state index contributed by atoms with van der Waals surface area (Å²) < 4.78 is 0. The van der Waals surface area contributed by atoms with Crippen LogP contribution >= 0.6 is 0 Å². The van der Waals surface area contributed by atoms with E-state index in [1.807, 2.05) is 12.3 Å². The van der Waals surface area contributed by atoms with Crippen LogP contribution in [0, 0.1) is 0 Å². The Morgan fingerprint density at radius 1 is 0.333 bits per heavy atom. The molecule has 0 fully saturated rings. The fourth-order valence-corrected chi connectivity index (χ4v) is 5.56. The van der Waals surface area contributed by atoms with Gasteiger partial charge in [-0.2, -0.15) is 0 Å². The zero-order valence-electron chi connectivity index (χ0n) is 22.6. The van der Waals surface area contributed by atoms with Gasteiger partial charge in [0, 0.05) is 33.8 Å². The third-order valence-corrected chi connectivity index (χ3v) is 7.74. The summed E-state index contributed by atoms with van der Waals surface area (Å²) in [6, 6.07) is 48.1. The smallest absolute Gasteiger partial charge is 0.164 e. The Kier molecular flexibility index (Phi) is 5.75. The molecule has 42 heavy (non-hydrogen) atoms. The van der Waals surface area contributed by atoms with Gasteiger partial charge < -0.3 is 0 Å². The van der Waals surface area contributed by atoms with E-state index in [9.17, 15) is 0 Å². The van der Waals surface area contributed by atoms with Crippen LogP contribution < -0.4 is 0 Å². The van der Waals surface area contributed by atoms with Crippen molar-refractivity contribution in [2.24, 2.45) is 0 Å². The maximum atomic E-state index is 4.99. The number of para-hydroxylation sites is 1. The minimum absolute atomic E-state index is 0.638. The lowest BCUT2D eigenvalue weighted by atomic mass is 10.0. The maximum Gasteiger partial charge on any atom is 0.164 e. The van der Waals surface area contributed by atoms with Crippen LogP contribution in [0.3, 0.4) is 0 Å². The average Bonchev–Trinajstić information content (AvgIpc) is 3.07. The second-order valence-electron chi connectivity index (χ2n) is 10.4. The van der Waals surface area contributed by atoms with Crippen molar-refractivity contribution in [2.75, 3.05) is 0 Å². The zero-order chi connectivity index (χ0) is 27.9. The standard InChI is InChI=1S/C38H24N4/c1-3-9-30-23-32(20-14-25(30)7-1)37-40-36(41-38(42-37)33-21-15-26-8-2-4-10-31(26)24-33)29-18-16-27(17-19-29)34-13-5-11-28-12-6-22-39-35(28)34/h1-24H. The van der Waals surface area contributed by atoms with E-state index < -0.39 is 0 Å². The van der Waals surface area contributed by atoms with Crippen LogP contribution in [0.5, 0.6) is 0 Å². The maximum absolute atomic E-state index is 4.99. The van der Waals surface area contributed by atoms with Crippen molar-refractivity contribution in [3.63, 3.8) is 0 Å². The van der Waals surface area contributed by atoms with Crippen molar-refractivity contribution in [3.05, 3.63) is 146 Å². The van der Waals surface area contributed by atoms with Crippen molar-refractivity contribution in [1.82, 2.24) is 19.9 Å². The molecule has 2 heterocycles. The van der Waals surface area contributed by atoms with Gasteiger partial charge in [-0.3, -0.25) is 4.98 Å². The molecule has 0 aliphatic rings. The van der Waals surface area contributed by atoms with E-state index in [-0.39, 0.29) is 0 Å². The van der Waals surface area contributed by atoms with Gasteiger partial charge in [-0.1, -0.05) is 121 Å². The number of hydrogen-bond acceptors (Lipinski definition) is 4. The van der Waals surface area contributed by atoms with Crippen LogP contribution in [0.25, 0.3) is 77.7 Å². The van der Waals surface area contributed by atoms with Crippen LogP contribution in [0.2, 0.25) is 0 Å². The lowest BCUT2D eigenvalue weighted by Gasteiger charge is -2.11. The fraction of sp³-hybridized carbons (Fsp3) is 0. The van der Waals surface area contributed by atoms with Crippen molar-refractivity contribution in [3.8, 4) is 45.3 Å². The molecular formula is C38H24N4. The molecule has 0 N–H and O–H groups in total. The molecule has 2 aromatic heterocycles. The normalized spacial score (nSPS) is 11.3. The van der Waals surface area contributed by atoms with E-state index in [2.05, 4.69) is 138 Å². The van der Waals surface area contributed by atoms with Crippen LogP contribution in [-0.2, 0) is 0 Å². The summed E-state index contributed by atoms with van der Waals surface area (Å²) in [4.78, 5) is 19.6. The monoisotopic (exact) mass is 536 g/mol. The highest BCUT2D eigenvalue weighted by atomic mass is 15.0. The number of nitrogens with zero attached hydrogens (tertiary/aromatic N) is 4. The van der Waals surface area contributed by atoms with Gasteiger partial charge in [-0.15, -0.1) is 0 Å². The predicted octanol–water partition coefficient (Wildman–Crippen LogP) is 9.39. The van der Waals surface area contributed by atoms with E-state index in [0.29, 0.717) is 17.5 Å². The first-order chi connectivity index (χ1) is 20.8. The van der Waals surface area contributed by atoms with Crippen molar-refractivity contribution in [2.45, 2.75) is 0 Å². The van der Waals surface area contributed by atoms with Crippen molar-refractivity contribution in [1.29, 1.82) is 0 Å². The average molecular weight is 537 g/mol. The van der Waals surface area contributed by atoms with E-state index in [1.54, 1.807) is 0 Å². The van der Waals surface area contributed by atoms with Gasteiger partial charge in [0.25, 0.3) is 0 Å². The molecule has 4 heteroatoms. The molecule has 8 aromatic rings. The molecule has 6 aromatic carbocycles. The third kappa shape index (κ3) is 4.36. The molecule has 4 nitrogen and oxygen atoms in total. The first-order valence-corrected chi connectivity index (χ1v) is 14.0. The highest BCUT2D eigenvalue weighted by Crippen LogP contribution is 2.31. The molecule has 0 amide bonds. The molecule has 0 aliphatic carbocycles. The second kappa shape index (κ2) is 10.0. The fourth-order valence-electron chi connectivity index (χ4n) is 5.56. The largest absolute Gasteiger partial charge is 0.256 e. The number of hydrogen-bond donors (Lipinski definition) is 0. The van der Waals surface area contributed by atoms with Gasteiger partial charge in [0.05, 0.1) is 5.52 Å². The quantitative estimate of drug-likeness (QED) is 0.225. The Labute approximate surface area is 243 Å². The third-order valence-electron chi connectivity index (χ3n) is 7.74. The topological polar surface area (TPSA) is 51.6 Å². The van der Waals surface area contributed by atoms with Crippen molar-refractivity contribution >= 4 is 32.4 Å². The molecule has 0 aliphatic heterocycles. The first kappa shape index (κ1) is 24.1. The summed E-state index contributed by atoms with van der Waals surface area (Å²) in [5, 5.41) is 5.79. The first-order valence-electron chi connectivity index (χ1n) is 14.0. The Morgan fingerprint density at radius 2 is 0.810 bits per heavy atom. The van der Waals surface area contributed by atoms with Crippen molar-refractivity contribution < 1.29 is 0 Å². The molecular weight excluding hydrogens is 512 g/mol. The van der Waals surface area contributed by atoms with Gasteiger partial charge in [0.2, 0.25) is 0 Å². The highest BCUT2D eigenvalue weighted by Gasteiger charge is 2.14. The van der Waals surface area contributed by atoms with Crippen LogP contribution in [0.4, 0.5) is 0 Å². The van der Waals surface area contributed by atoms with E-state index in [1.165, 1.54) is 10.8 Å². The summed E-state index contributed by atoms with van der Waals surface area (Å²) in [6.45, 7) is 0. The van der Waals surface area contributed by atoms with E-state index in [4.69, 9.17) is 15.0 Å². The molecule has 0 saturated carbocycles. The van der Waals surface area contributed by atoms with Crippen LogP contribution in [0.15, 0.2) is 146 Å². The highest BCUT2D eigenvalue weighted by molar-refractivity contribution is 5.94. The summed E-state index contributed by atoms with van der Waals surface area (Å²) in [5.41, 5.74) is 6.03.